The number of aromatic nitrogens is 1. The molecule has 8 heteroatoms. The molecule has 0 aliphatic carbocycles. The van der Waals surface area contributed by atoms with Crippen LogP contribution in [0.25, 0.3) is 0 Å². The first kappa shape index (κ1) is 18.8. The van der Waals surface area contributed by atoms with E-state index >= 15 is 0 Å². The summed E-state index contributed by atoms with van der Waals surface area (Å²) in [5.41, 5.74) is 2.18. The summed E-state index contributed by atoms with van der Waals surface area (Å²) in [6.07, 6.45) is 1.46. The highest BCUT2D eigenvalue weighted by Gasteiger charge is 2.19. The van der Waals surface area contributed by atoms with Gasteiger partial charge in [-0.15, -0.1) is 0 Å². The van der Waals surface area contributed by atoms with Crippen LogP contribution in [0.3, 0.4) is 0 Å². The van der Waals surface area contributed by atoms with Crippen molar-refractivity contribution in [2.24, 2.45) is 0 Å². The van der Waals surface area contributed by atoms with Crippen molar-refractivity contribution in [3.8, 4) is 0 Å². The van der Waals surface area contributed by atoms with E-state index in [1.165, 1.54) is 19.2 Å². The smallest absolute Gasteiger partial charge is 0.238 e. The van der Waals surface area contributed by atoms with E-state index in [0.717, 1.165) is 31.9 Å². The number of hydrogen-bond donors (Lipinski definition) is 2. The molecular formula is C19H22FN5O2. The normalized spacial score (nSPS) is 14.7. The Bertz CT molecular complexity index is 804. The molecule has 3 rings (SSSR count). The zero-order chi connectivity index (χ0) is 19.2. The summed E-state index contributed by atoms with van der Waals surface area (Å²) in [5.74, 6) is -0.718. The number of carbonyl (C=O) groups excluding carboxylic acids is 2. The molecule has 2 N–H and O–H groups in total. The van der Waals surface area contributed by atoms with Gasteiger partial charge in [0.1, 0.15) is 0 Å². The Balaban J connectivity index is 1.46. The number of carbonyl (C=O) groups is 2. The number of hydrogen-bond acceptors (Lipinski definition) is 5. The molecule has 2 aromatic rings. The van der Waals surface area contributed by atoms with Crippen LogP contribution in [-0.4, -0.2) is 54.4 Å². The van der Waals surface area contributed by atoms with Gasteiger partial charge in [-0.3, -0.25) is 14.5 Å². The predicted octanol–water partition coefficient (Wildman–Crippen LogP) is 1.94. The van der Waals surface area contributed by atoms with Gasteiger partial charge in [-0.2, -0.15) is 4.39 Å². The van der Waals surface area contributed by atoms with Crippen LogP contribution >= 0.6 is 0 Å². The molecule has 1 aromatic heterocycles. The Morgan fingerprint density at radius 2 is 1.67 bits per heavy atom. The summed E-state index contributed by atoms with van der Waals surface area (Å²) in [6.45, 7) is 4.63. The lowest BCUT2D eigenvalue weighted by Crippen LogP contribution is -2.48. The maximum absolute atomic E-state index is 13.2. The van der Waals surface area contributed by atoms with Crippen LogP contribution in [0.5, 0.6) is 0 Å². The van der Waals surface area contributed by atoms with Crippen molar-refractivity contribution < 1.29 is 14.0 Å². The minimum atomic E-state index is -0.487. The van der Waals surface area contributed by atoms with Gasteiger partial charge in [-0.25, -0.2) is 4.98 Å². The maximum atomic E-state index is 13.2. The standard InChI is InChI=1S/C19H22FN5O2/c1-14(26)22-15-2-4-16(5-3-15)23-19(27)13-24-8-10-25(11-9-24)17-6-7-21-18(20)12-17/h2-7,12H,8-11,13H2,1H3,(H,22,26)(H,23,27). The summed E-state index contributed by atoms with van der Waals surface area (Å²) < 4.78 is 13.2. The highest BCUT2D eigenvalue weighted by Crippen LogP contribution is 2.17. The molecule has 0 saturated carbocycles. The van der Waals surface area contributed by atoms with E-state index in [1.807, 2.05) is 0 Å². The average Bonchev–Trinajstić information content (AvgIpc) is 2.63. The van der Waals surface area contributed by atoms with Crippen molar-refractivity contribution in [2.45, 2.75) is 6.92 Å². The molecule has 2 amide bonds. The average molecular weight is 371 g/mol. The quantitative estimate of drug-likeness (QED) is 0.786. The Labute approximate surface area is 157 Å². The third-order valence-electron chi connectivity index (χ3n) is 4.30. The van der Waals surface area contributed by atoms with Crippen LogP contribution in [0.15, 0.2) is 42.6 Å². The van der Waals surface area contributed by atoms with Gasteiger partial charge in [-0.1, -0.05) is 0 Å². The molecule has 0 spiro atoms. The summed E-state index contributed by atoms with van der Waals surface area (Å²) >= 11 is 0. The first-order valence-corrected chi connectivity index (χ1v) is 8.76. The molecule has 142 valence electrons. The lowest BCUT2D eigenvalue weighted by molar-refractivity contribution is -0.117. The van der Waals surface area contributed by atoms with E-state index < -0.39 is 5.95 Å². The molecule has 1 aromatic carbocycles. The fraction of sp³-hybridized carbons (Fsp3) is 0.316. The first-order chi connectivity index (χ1) is 13.0. The number of anilines is 3. The molecule has 1 saturated heterocycles. The second-order valence-electron chi connectivity index (χ2n) is 6.41. The van der Waals surface area contributed by atoms with Crippen LogP contribution in [0, 0.1) is 5.95 Å². The number of piperazine rings is 1. The summed E-state index contributed by atoms with van der Waals surface area (Å²) in [7, 11) is 0. The van der Waals surface area contributed by atoms with Gasteiger partial charge in [0.25, 0.3) is 0 Å². The molecule has 2 heterocycles. The van der Waals surface area contributed by atoms with Crippen molar-refractivity contribution in [2.75, 3.05) is 48.3 Å². The molecule has 1 fully saturated rings. The fourth-order valence-corrected chi connectivity index (χ4v) is 3.00. The van der Waals surface area contributed by atoms with Gasteiger partial charge in [0.05, 0.1) is 6.54 Å². The van der Waals surface area contributed by atoms with E-state index in [0.29, 0.717) is 17.9 Å². The number of nitrogens with zero attached hydrogens (tertiary/aromatic N) is 3. The Hall–Kier alpha value is -3.00. The Morgan fingerprint density at radius 1 is 1.04 bits per heavy atom. The van der Waals surface area contributed by atoms with Crippen LogP contribution in [0.2, 0.25) is 0 Å². The van der Waals surface area contributed by atoms with Gasteiger partial charge >= 0.3 is 0 Å². The zero-order valence-electron chi connectivity index (χ0n) is 15.1. The molecule has 27 heavy (non-hydrogen) atoms. The largest absolute Gasteiger partial charge is 0.369 e. The van der Waals surface area contributed by atoms with Crippen LogP contribution in [0.4, 0.5) is 21.5 Å². The highest BCUT2D eigenvalue weighted by atomic mass is 19.1. The number of halogens is 1. The molecule has 1 aliphatic heterocycles. The second kappa shape index (κ2) is 8.59. The third-order valence-corrected chi connectivity index (χ3v) is 4.30. The molecule has 0 radical (unpaired) electrons. The minimum absolute atomic E-state index is 0.0920. The van der Waals surface area contributed by atoms with E-state index in [4.69, 9.17) is 0 Å². The SMILES string of the molecule is CC(=O)Nc1ccc(NC(=O)CN2CCN(c3ccnc(F)c3)CC2)cc1. The van der Waals surface area contributed by atoms with Crippen molar-refractivity contribution >= 4 is 28.9 Å². The van der Waals surface area contributed by atoms with E-state index in [2.05, 4.69) is 25.4 Å². The minimum Gasteiger partial charge on any atom is -0.369 e. The van der Waals surface area contributed by atoms with Crippen molar-refractivity contribution in [1.29, 1.82) is 0 Å². The van der Waals surface area contributed by atoms with Gasteiger partial charge < -0.3 is 15.5 Å². The van der Waals surface area contributed by atoms with Crippen molar-refractivity contribution in [3.63, 3.8) is 0 Å². The number of amides is 2. The highest BCUT2D eigenvalue weighted by molar-refractivity contribution is 5.93. The molecular weight excluding hydrogens is 349 g/mol. The molecule has 7 nitrogen and oxygen atoms in total. The van der Waals surface area contributed by atoms with E-state index in [1.54, 1.807) is 30.3 Å². The van der Waals surface area contributed by atoms with E-state index in [-0.39, 0.29) is 11.8 Å². The number of rotatable bonds is 5. The van der Waals surface area contributed by atoms with Crippen LogP contribution < -0.4 is 15.5 Å². The van der Waals surface area contributed by atoms with Crippen molar-refractivity contribution in [1.82, 2.24) is 9.88 Å². The summed E-state index contributed by atoms with van der Waals surface area (Å²) in [5, 5.41) is 5.54. The van der Waals surface area contributed by atoms with Gasteiger partial charge in [-0.05, 0) is 30.3 Å². The summed E-state index contributed by atoms with van der Waals surface area (Å²) in [4.78, 5) is 31.0. The monoisotopic (exact) mass is 371 g/mol. The number of nitrogens with one attached hydrogen (secondary N) is 2. The van der Waals surface area contributed by atoms with Crippen molar-refractivity contribution in [3.05, 3.63) is 48.5 Å². The second-order valence-corrected chi connectivity index (χ2v) is 6.41. The fourth-order valence-electron chi connectivity index (χ4n) is 3.00. The van der Waals surface area contributed by atoms with Crippen LogP contribution in [0.1, 0.15) is 6.92 Å². The Morgan fingerprint density at radius 3 is 2.26 bits per heavy atom. The molecule has 0 atom stereocenters. The van der Waals surface area contributed by atoms with Crippen LogP contribution in [-0.2, 0) is 9.59 Å². The zero-order valence-corrected chi connectivity index (χ0v) is 15.1. The molecule has 1 aliphatic rings. The number of benzene rings is 1. The molecule has 0 unspecified atom stereocenters. The maximum Gasteiger partial charge on any atom is 0.238 e. The van der Waals surface area contributed by atoms with Gasteiger partial charge in [0.2, 0.25) is 17.8 Å². The lowest BCUT2D eigenvalue weighted by Gasteiger charge is -2.35. The van der Waals surface area contributed by atoms with Gasteiger partial charge in [0.15, 0.2) is 0 Å². The molecule has 0 bridgehead atoms. The lowest BCUT2D eigenvalue weighted by atomic mass is 10.2. The predicted molar refractivity (Wildman–Crippen MR) is 102 cm³/mol. The third kappa shape index (κ3) is 5.49. The Kier molecular flexibility index (Phi) is 5.97. The summed E-state index contributed by atoms with van der Waals surface area (Å²) in [6, 6.07) is 10.2. The van der Waals surface area contributed by atoms with E-state index in [9.17, 15) is 14.0 Å². The van der Waals surface area contributed by atoms with Gasteiger partial charge in [0, 0.05) is 62.4 Å². The topological polar surface area (TPSA) is 77.6 Å². The first-order valence-electron chi connectivity index (χ1n) is 8.76. The number of pyridine rings is 1.